The van der Waals surface area contributed by atoms with Gasteiger partial charge in [0.1, 0.15) is 0 Å². The fourth-order valence-corrected chi connectivity index (χ4v) is 3.39. The van der Waals surface area contributed by atoms with E-state index in [4.69, 9.17) is 14.2 Å². The molecule has 23 heavy (non-hydrogen) atoms. The molecule has 0 spiro atoms. The maximum absolute atomic E-state index is 12.3. The standard InChI is InChI=1S/C18H22O5/c1-12-10-18(16(19)22-3,17(20)23-4)11-14(12)15(21-2)13-8-6-5-7-9-13/h5-9,14-15H,1,10-11H2,2-4H3/t14-,15-/m1/s1. The predicted molar refractivity (Wildman–Crippen MR) is 84.5 cm³/mol. The number of esters is 2. The zero-order chi connectivity index (χ0) is 17.0. The number of hydrogen-bond acceptors (Lipinski definition) is 5. The van der Waals surface area contributed by atoms with Crippen LogP contribution >= 0.6 is 0 Å². The molecule has 0 heterocycles. The van der Waals surface area contributed by atoms with Crippen molar-refractivity contribution in [1.82, 2.24) is 0 Å². The highest BCUT2D eigenvalue weighted by atomic mass is 16.5. The molecule has 1 saturated carbocycles. The molecule has 1 fully saturated rings. The minimum absolute atomic E-state index is 0.166. The third-order valence-electron chi connectivity index (χ3n) is 4.52. The number of carbonyl (C=O) groups excluding carboxylic acids is 2. The van der Waals surface area contributed by atoms with Crippen molar-refractivity contribution >= 4 is 11.9 Å². The summed E-state index contributed by atoms with van der Waals surface area (Å²) in [7, 11) is 4.16. The Labute approximate surface area is 136 Å². The van der Waals surface area contributed by atoms with Crippen LogP contribution in [-0.4, -0.2) is 33.3 Å². The topological polar surface area (TPSA) is 61.8 Å². The lowest BCUT2D eigenvalue weighted by Gasteiger charge is -2.26. The number of rotatable bonds is 5. The summed E-state index contributed by atoms with van der Waals surface area (Å²) in [6.07, 6.45) is 0.197. The fourth-order valence-electron chi connectivity index (χ4n) is 3.39. The molecule has 1 aliphatic carbocycles. The first kappa shape index (κ1) is 17.2. The number of ether oxygens (including phenoxy) is 3. The van der Waals surface area contributed by atoms with Gasteiger partial charge < -0.3 is 14.2 Å². The number of hydrogen-bond donors (Lipinski definition) is 0. The van der Waals surface area contributed by atoms with Crippen LogP contribution in [0.1, 0.15) is 24.5 Å². The van der Waals surface area contributed by atoms with E-state index in [2.05, 4.69) is 6.58 Å². The SMILES string of the molecule is C=C1CC(C(=O)OC)(C(=O)OC)C[C@H]1[C@H](OC)c1ccccc1. The monoisotopic (exact) mass is 318 g/mol. The Morgan fingerprint density at radius 1 is 1.13 bits per heavy atom. The van der Waals surface area contributed by atoms with E-state index in [1.807, 2.05) is 30.3 Å². The van der Waals surface area contributed by atoms with E-state index >= 15 is 0 Å². The van der Waals surface area contributed by atoms with Gasteiger partial charge in [-0.15, -0.1) is 0 Å². The molecular formula is C18H22O5. The van der Waals surface area contributed by atoms with Gasteiger partial charge in [-0.3, -0.25) is 9.59 Å². The van der Waals surface area contributed by atoms with E-state index in [-0.39, 0.29) is 24.9 Å². The first-order valence-electron chi connectivity index (χ1n) is 7.42. The Bertz CT molecular complexity index is 577. The van der Waals surface area contributed by atoms with Gasteiger partial charge in [0.25, 0.3) is 0 Å². The summed E-state index contributed by atoms with van der Waals surface area (Å²) in [6.45, 7) is 4.06. The van der Waals surface area contributed by atoms with Crippen molar-refractivity contribution in [3.05, 3.63) is 48.0 Å². The molecule has 0 saturated heterocycles. The molecule has 2 atom stereocenters. The zero-order valence-corrected chi connectivity index (χ0v) is 13.7. The van der Waals surface area contributed by atoms with Crippen LogP contribution < -0.4 is 0 Å². The van der Waals surface area contributed by atoms with Crippen LogP contribution in [0.2, 0.25) is 0 Å². The minimum Gasteiger partial charge on any atom is -0.468 e. The van der Waals surface area contributed by atoms with Crippen molar-refractivity contribution in [2.75, 3.05) is 21.3 Å². The number of methoxy groups -OCH3 is 3. The number of carbonyl (C=O) groups is 2. The molecule has 5 nitrogen and oxygen atoms in total. The molecule has 124 valence electrons. The molecule has 0 radical (unpaired) electrons. The van der Waals surface area contributed by atoms with Gasteiger partial charge in [-0.05, 0) is 18.4 Å². The molecule has 1 aromatic rings. The summed E-state index contributed by atoms with van der Waals surface area (Å²) in [5.41, 5.74) is 0.430. The third kappa shape index (κ3) is 3.01. The van der Waals surface area contributed by atoms with Crippen molar-refractivity contribution in [2.45, 2.75) is 18.9 Å². The third-order valence-corrected chi connectivity index (χ3v) is 4.52. The van der Waals surface area contributed by atoms with E-state index < -0.39 is 17.4 Å². The van der Waals surface area contributed by atoms with E-state index in [1.54, 1.807) is 7.11 Å². The van der Waals surface area contributed by atoms with Gasteiger partial charge in [0.15, 0.2) is 5.41 Å². The van der Waals surface area contributed by atoms with Gasteiger partial charge in [-0.1, -0.05) is 42.5 Å². The van der Waals surface area contributed by atoms with E-state index in [1.165, 1.54) is 14.2 Å². The lowest BCUT2D eigenvalue weighted by molar-refractivity contribution is -0.169. The summed E-state index contributed by atoms with van der Waals surface area (Å²) in [4.78, 5) is 24.5. The van der Waals surface area contributed by atoms with Crippen molar-refractivity contribution in [3.63, 3.8) is 0 Å². The Balaban J connectivity index is 2.36. The summed E-state index contributed by atoms with van der Waals surface area (Å²) in [5.74, 6) is -1.34. The van der Waals surface area contributed by atoms with Gasteiger partial charge in [0.05, 0.1) is 20.3 Å². The van der Waals surface area contributed by atoms with Crippen molar-refractivity contribution in [1.29, 1.82) is 0 Å². The summed E-state index contributed by atoms with van der Waals surface area (Å²) < 4.78 is 15.4. The molecular weight excluding hydrogens is 296 g/mol. The van der Waals surface area contributed by atoms with Gasteiger partial charge in [-0.2, -0.15) is 0 Å². The Morgan fingerprint density at radius 2 is 1.70 bits per heavy atom. The smallest absolute Gasteiger partial charge is 0.323 e. The van der Waals surface area contributed by atoms with Crippen LogP contribution in [0.4, 0.5) is 0 Å². The van der Waals surface area contributed by atoms with Gasteiger partial charge >= 0.3 is 11.9 Å². The minimum atomic E-state index is -1.34. The summed E-state index contributed by atoms with van der Waals surface area (Å²) >= 11 is 0. The second-order valence-electron chi connectivity index (χ2n) is 5.78. The molecule has 0 N–H and O–H groups in total. The molecule has 1 aliphatic rings. The van der Waals surface area contributed by atoms with Crippen LogP contribution in [0.25, 0.3) is 0 Å². The molecule has 0 amide bonds. The molecule has 1 aromatic carbocycles. The fraction of sp³-hybridized carbons (Fsp3) is 0.444. The van der Waals surface area contributed by atoms with E-state index in [0.29, 0.717) is 0 Å². The predicted octanol–water partition coefficient (Wildman–Crippen LogP) is 2.67. The Hall–Kier alpha value is -2.14. The van der Waals surface area contributed by atoms with Gasteiger partial charge in [-0.25, -0.2) is 0 Å². The first-order chi connectivity index (χ1) is 11.0. The van der Waals surface area contributed by atoms with Crippen molar-refractivity contribution in [2.24, 2.45) is 11.3 Å². The van der Waals surface area contributed by atoms with Gasteiger partial charge in [0.2, 0.25) is 0 Å². The second kappa shape index (κ2) is 6.96. The van der Waals surface area contributed by atoms with E-state index in [9.17, 15) is 9.59 Å². The van der Waals surface area contributed by atoms with Crippen LogP contribution in [0.3, 0.4) is 0 Å². The molecule has 0 aliphatic heterocycles. The Morgan fingerprint density at radius 3 is 2.17 bits per heavy atom. The second-order valence-corrected chi connectivity index (χ2v) is 5.78. The normalized spacial score (nSPS) is 20.8. The average Bonchev–Trinajstić information content (AvgIpc) is 2.93. The van der Waals surface area contributed by atoms with Crippen LogP contribution in [-0.2, 0) is 23.8 Å². The Kier molecular flexibility index (Phi) is 5.21. The summed E-state index contributed by atoms with van der Waals surface area (Å²) in [6, 6.07) is 9.68. The van der Waals surface area contributed by atoms with Crippen molar-refractivity contribution in [3.8, 4) is 0 Å². The van der Waals surface area contributed by atoms with Crippen LogP contribution in [0.15, 0.2) is 42.5 Å². The molecule has 2 rings (SSSR count). The molecule has 0 aromatic heterocycles. The van der Waals surface area contributed by atoms with Crippen LogP contribution in [0, 0.1) is 11.3 Å². The lowest BCUT2D eigenvalue weighted by atomic mass is 9.83. The maximum Gasteiger partial charge on any atom is 0.323 e. The first-order valence-corrected chi connectivity index (χ1v) is 7.42. The largest absolute Gasteiger partial charge is 0.468 e. The van der Waals surface area contributed by atoms with Crippen molar-refractivity contribution < 1.29 is 23.8 Å². The quantitative estimate of drug-likeness (QED) is 0.474. The average molecular weight is 318 g/mol. The zero-order valence-electron chi connectivity index (χ0n) is 13.7. The molecule has 0 unspecified atom stereocenters. The highest BCUT2D eigenvalue weighted by molar-refractivity contribution is 6.01. The van der Waals surface area contributed by atoms with E-state index in [0.717, 1.165) is 11.1 Å². The molecule has 0 bridgehead atoms. The highest BCUT2D eigenvalue weighted by Gasteiger charge is 2.56. The van der Waals surface area contributed by atoms with Gasteiger partial charge in [0, 0.05) is 13.0 Å². The molecule has 5 heteroatoms. The lowest BCUT2D eigenvalue weighted by Crippen LogP contribution is -2.39. The number of benzene rings is 1. The summed E-state index contributed by atoms with van der Waals surface area (Å²) in [5, 5.41) is 0. The highest BCUT2D eigenvalue weighted by Crippen LogP contribution is 2.51. The maximum atomic E-state index is 12.3. The van der Waals surface area contributed by atoms with Crippen LogP contribution in [0.5, 0.6) is 0 Å².